The number of carbonyl (C=O) groups excluding carboxylic acids is 1. The smallest absolute Gasteiger partial charge is 0.276 e. The van der Waals surface area contributed by atoms with E-state index in [1.54, 1.807) is 12.1 Å². The molecule has 1 aliphatic heterocycles. The third-order valence-corrected chi connectivity index (χ3v) is 4.24. The molecule has 2 aromatic carbocycles. The van der Waals surface area contributed by atoms with Crippen LogP contribution in [0.3, 0.4) is 0 Å². The Morgan fingerprint density at radius 2 is 1.79 bits per heavy atom. The molecule has 0 saturated heterocycles. The first-order valence-electron chi connectivity index (χ1n) is 9.11. The lowest BCUT2D eigenvalue weighted by Crippen LogP contribution is -2.14. The number of aromatic nitrogens is 2. The van der Waals surface area contributed by atoms with Gasteiger partial charge in [-0.2, -0.15) is 0 Å². The van der Waals surface area contributed by atoms with E-state index in [2.05, 4.69) is 20.8 Å². The van der Waals surface area contributed by atoms with Gasteiger partial charge in [0.15, 0.2) is 17.2 Å². The monoisotopic (exact) mass is 376 g/mol. The largest absolute Gasteiger partial charge is 0.490 e. The summed E-state index contributed by atoms with van der Waals surface area (Å²) in [5.74, 6) is 1.79. The van der Waals surface area contributed by atoms with Crippen molar-refractivity contribution in [3.05, 3.63) is 71.9 Å². The zero-order valence-corrected chi connectivity index (χ0v) is 15.2. The van der Waals surface area contributed by atoms with Gasteiger partial charge < -0.3 is 20.1 Å². The number of nitrogens with zero attached hydrogens (tertiary/aromatic N) is 2. The van der Waals surface area contributed by atoms with Crippen LogP contribution in [0.4, 0.5) is 11.5 Å². The summed E-state index contributed by atoms with van der Waals surface area (Å²) in [7, 11) is 0. The molecule has 1 amide bonds. The Bertz CT molecular complexity index is 946. The maximum absolute atomic E-state index is 12.2. The van der Waals surface area contributed by atoms with Gasteiger partial charge in [0, 0.05) is 24.2 Å². The van der Waals surface area contributed by atoms with Crippen LogP contribution < -0.4 is 20.1 Å². The van der Waals surface area contributed by atoms with Crippen molar-refractivity contribution >= 4 is 17.4 Å². The molecule has 2 heterocycles. The zero-order valence-electron chi connectivity index (χ0n) is 15.2. The van der Waals surface area contributed by atoms with Crippen molar-refractivity contribution < 1.29 is 14.3 Å². The number of hydrogen-bond acceptors (Lipinski definition) is 6. The molecule has 2 N–H and O–H groups in total. The molecule has 142 valence electrons. The van der Waals surface area contributed by atoms with Crippen LogP contribution >= 0.6 is 0 Å². The fraction of sp³-hybridized carbons (Fsp3) is 0.190. The Hall–Kier alpha value is -3.61. The molecule has 7 heteroatoms. The number of fused-ring (bicyclic) bond motifs is 1. The normalized spacial score (nSPS) is 12.7. The summed E-state index contributed by atoms with van der Waals surface area (Å²) >= 11 is 0. The summed E-state index contributed by atoms with van der Waals surface area (Å²) in [5, 5.41) is 14.1. The van der Waals surface area contributed by atoms with Gasteiger partial charge in [-0.25, -0.2) is 0 Å². The molecule has 28 heavy (non-hydrogen) atoms. The molecule has 0 saturated carbocycles. The van der Waals surface area contributed by atoms with Gasteiger partial charge in [0.2, 0.25) is 0 Å². The third kappa shape index (κ3) is 4.20. The fourth-order valence-corrected chi connectivity index (χ4v) is 2.84. The Morgan fingerprint density at radius 1 is 0.929 bits per heavy atom. The summed E-state index contributed by atoms with van der Waals surface area (Å²) in [6, 6.07) is 18.4. The molecule has 1 aromatic heterocycles. The van der Waals surface area contributed by atoms with Crippen LogP contribution in [-0.4, -0.2) is 29.3 Å². The highest BCUT2D eigenvalue weighted by atomic mass is 16.5. The van der Waals surface area contributed by atoms with Gasteiger partial charge in [0.05, 0.1) is 13.2 Å². The quantitative estimate of drug-likeness (QED) is 0.709. The maximum Gasteiger partial charge on any atom is 0.276 e. The highest BCUT2D eigenvalue weighted by Gasteiger charge is 2.14. The second-order valence-electron chi connectivity index (χ2n) is 6.27. The lowest BCUT2D eigenvalue weighted by Gasteiger charge is -2.13. The van der Waals surface area contributed by atoms with Gasteiger partial charge in [-0.3, -0.25) is 4.79 Å². The van der Waals surface area contributed by atoms with E-state index >= 15 is 0 Å². The zero-order chi connectivity index (χ0) is 19.2. The van der Waals surface area contributed by atoms with E-state index in [0.29, 0.717) is 31.3 Å². The minimum atomic E-state index is -0.302. The van der Waals surface area contributed by atoms with E-state index in [1.165, 1.54) is 0 Å². The molecular weight excluding hydrogens is 356 g/mol. The number of anilines is 2. The number of benzene rings is 2. The first-order chi connectivity index (χ1) is 13.8. The molecule has 4 rings (SSSR count). The molecule has 3 aromatic rings. The van der Waals surface area contributed by atoms with E-state index < -0.39 is 0 Å². The standard InChI is InChI=1S/C21H20N4O3/c26-21(23-16-7-2-1-3-8-16)17-10-11-19(25-24-17)22-14-15-6-4-9-18-20(15)28-13-5-12-27-18/h1-4,6-11H,5,12-14H2,(H,22,25)(H,23,26). The Balaban J connectivity index is 1.39. The Labute approximate surface area is 162 Å². The van der Waals surface area contributed by atoms with E-state index in [-0.39, 0.29) is 11.6 Å². The second-order valence-corrected chi connectivity index (χ2v) is 6.27. The predicted molar refractivity (Wildman–Crippen MR) is 106 cm³/mol. The van der Waals surface area contributed by atoms with Crippen LogP contribution in [0.2, 0.25) is 0 Å². The highest BCUT2D eigenvalue weighted by Crippen LogP contribution is 2.33. The number of para-hydroxylation sites is 2. The summed E-state index contributed by atoms with van der Waals surface area (Å²) in [6.45, 7) is 1.80. The number of carbonyl (C=O) groups is 1. The minimum Gasteiger partial charge on any atom is -0.490 e. The topological polar surface area (TPSA) is 85.4 Å². The van der Waals surface area contributed by atoms with E-state index in [9.17, 15) is 4.79 Å². The molecule has 0 unspecified atom stereocenters. The Kier molecular flexibility index (Phi) is 5.33. The molecule has 7 nitrogen and oxygen atoms in total. The van der Waals surface area contributed by atoms with Gasteiger partial charge in [-0.05, 0) is 30.3 Å². The van der Waals surface area contributed by atoms with Gasteiger partial charge in [0.1, 0.15) is 5.82 Å². The van der Waals surface area contributed by atoms with Crippen molar-refractivity contribution in [1.29, 1.82) is 0 Å². The average molecular weight is 376 g/mol. The van der Waals surface area contributed by atoms with Gasteiger partial charge in [-0.15, -0.1) is 10.2 Å². The maximum atomic E-state index is 12.2. The molecule has 1 aliphatic rings. The van der Waals surface area contributed by atoms with Crippen molar-refractivity contribution in [2.75, 3.05) is 23.8 Å². The number of nitrogens with one attached hydrogen (secondary N) is 2. The average Bonchev–Trinajstić information content (AvgIpc) is 2.99. The molecule has 0 bridgehead atoms. The summed E-state index contributed by atoms with van der Waals surface area (Å²) < 4.78 is 11.5. The van der Waals surface area contributed by atoms with Gasteiger partial charge in [0.25, 0.3) is 5.91 Å². The first-order valence-corrected chi connectivity index (χ1v) is 9.11. The first kappa shape index (κ1) is 17.8. The van der Waals surface area contributed by atoms with Gasteiger partial charge >= 0.3 is 0 Å². The minimum absolute atomic E-state index is 0.250. The number of rotatable bonds is 5. The number of ether oxygens (including phenoxy) is 2. The van der Waals surface area contributed by atoms with Crippen molar-refractivity contribution in [3.63, 3.8) is 0 Å². The van der Waals surface area contributed by atoms with Crippen LogP contribution in [0.25, 0.3) is 0 Å². The highest BCUT2D eigenvalue weighted by molar-refractivity contribution is 6.02. The van der Waals surface area contributed by atoms with E-state index in [0.717, 1.165) is 23.5 Å². The Morgan fingerprint density at radius 3 is 2.61 bits per heavy atom. The van der Waals surface area contributed by atoms with Crippen molar-refractivity contribution in [1.82, 2.24) is 10.2 Å². The summed E-state index contributed by atoms with van der Waals surface area (Å²) in [6.07, 6.45) is 0.861. The molecule has 0 aliphatic carbocycles. The second kappa shape index (κ2) is 8.39. The van der Waals surface area contributed by atoms with Crippen LogP contribution in [-0.2, 0) is 6.54 Å². The van der Waals surface area contributed by atoms with E-state index in [4.69, 9.17) is 9.47 Å². The number of amides is 1. The lowest BCUT2D eigenvalue weighted by molar-refractivity contribution is 0.102. The summed E-state index contributed by atoms with van der Waals surface area (Å²) in [4.78, 5) is 12.2. The lowest BCUT2D eigenvalue weighted by atomic mass is 10.2. The van der Waals surface area contributed by atoms with Crippen molar-refractivity contribution in [3.8, 4) is 11.5 Å². The molecular formula is C21H20N4O3. The number of hydrogen-bond donors (Lipinski definition) is 2. The third-order valence-electron chi connectivity index (χ3n) is 4.24. The van der Waals surface area contributed by atoms with Crippen LogP contribution in [0.15, 0.2) is 60.7 Å². The van der Waals surface area contributed by atoms with Crippen molar-refractivity contribution in [2.24, 2.45) is 0 Å². The van der Waals surface area contributed by atoms with Crippen LogP contribution in [0.1, 0.15) is 22.5 Å². The SMILES string of the molecule is O=C(Nc1ccccc1)c1ccc(NCc2cccc3c2OCCCO3)nn1. The predicted octanol–water partition coefficient (Wildman–Crippen LogP) is 3.50. The van der Waals surface area contributed by atoms with Crippen LogP contribution in [0, 0.1) is 0 Å². The van der Waals surface area contributed by atoms with Crippen LogP contribution in [0.5, 0.6) is 11.5 Å². The van der Waals surface area contributed by atoms with E-state index in [1.807, 2.05) is 48.5 Å². The summed E-state index contributed by atoms with van der Waals surface area (Å²) in [5.41, 5.74) is 1.94. The van der Waals surface area contributed by atoms with Crippen molar-refractivity contribution in [2.45, 2.75) is 13.0 Å². The van der Waals surface area contributed by atoms with Gasteiger partial charge in [-0.1, -0.05) is 30.3 Å². The molecule has 0 atom stereocenters. The molecule has 0 fully saturated rings. The molecule has 0 spiro atoms. The fourth-order valence-electron chi connectivity index (χ4n) is 2.84. The molecule has 0 radical (unpaired) electrons.